The van der Waals surface area contributed by atoms with Gasteiger partial charge in [-0.3, -0.25) is 0 Å². The third-order valence-electron chi connectivity index (χ3n) is 3.36. The molecule has 0 nitrogen and oxygen atoms in total. The average molecular weight is 336 g/mol. The van der Waals surface area contributed by atoms with Crippen LogP contribution in [0.5, 0.6) is 0 Å². The van der Waals surface area contributed by atoms with Gasteiger partial charge >= 0.3 is 0 Å². The standard InChI is InChI=1S/C13H15F2I/c1-2-3-8-4-5-10-9(6-8)7-11(14)13(16)12(10)15/h7-8H,2-6H2,1H3. The van der Waals surface area contributed by atoms with Gasteiger partial charge in [0.25, 0.3) is 0 Å². The zero-order valence-electron chi connectivity index (χ0n) is 9.32. The minimum absolute atomic E-state index is 0.144. The average Bonchev–Trinajstić information content (AvgIpc) is 2.26. The molecule has 1 aromatic rings. The molecule has 0 saturated carbocycles. The zero-order valence-corrected chi connectivity index (χ0v) is 11.5. The van der Waals surface area contributed by atoms with Gasteiger partial charge in [-0.2, -0.15) is 0 Å². The van der Waals surface area contributed by atoms with Crippen molar-refractivity contribution in [2.75, 3.05) is 0 Å². The molecule has 0 amide bonds. The molecule has 88 valence electrons. The lowest BCUT2D eigenvalue weighted by atomic mass is 9.81. The number of hydrogen-bond acceptors (Lipinski definition) is 0. The summed E-state index contributed by atoms with van der Waals surface area (Å²) >= 11 is 1.75. The van der Waals surface area contributed by atoms with Gasteiger partial charge in [-0.1, -0.05) is 19.8 Å². The minimum Gasteiger partial charge on any atom is -0.206 e. The molecule has 0 aromatic heterocycles. The molecule has 0 spiro atoms. The second kappa shape index (κ2) is 4.98. The number of hydrogen-bond donors (Lipinski definition) is 0. The minimum atomic E-state index is -0.408. The monoisotopic (exact) mass is 336 g/mol. The molecule has 0 saturated heterocycles. The molecule has 1 atom stereocenters. The third kappa shape index (κ3) is 2.24. The summed E-state index contributed by atoms with van der Waals surface area (Å²) < 4.78 is 27.4. The van der Waals surface area contributed by atoms with Gasteiger partial charge in [-0.05, 0) is 65.0 Å². The van der Waals surface area contributed by atoms with Gasteiger partial charge in [0.15, 0.2) is 0 Å². The quantitative estimate of drug-likeness (QED) is 0.552. The molecule has 0 fully saturated rings. The Morgan fingerprint density at radius 1 is 1.44 bits per heavy atom. The first-order chi connectivity index (χ1) is 7.63. The van der Waals surface area contributed by atoms with E-state index in [2.05, 4.69) is 6.92 Å². The molecule has 0 aliphatic heterocycles. The maximum atomic E-state index is 13.8. The summed E-state index contributed by atoms with van der Waals surface area (Å²) in [4.78, 5) is 0. The maximum Gasteiger partial charge on any atom is 0.142 e. The summed E-state index contributed by atoms with van der Waals surface area (Å²) in [6.45, 7) is 2.16. The smallest absolute Gasteiger partial charge is 0.142 e. The molecular weight excluding hydrogens is 321 g/mol. The van der Waals surface area contributed by atoms with Crippen molar-refractivity contribution in [2.24, 2.45) is 5.92 Å². The van der Waals surface area contributed by atoms with Crippen LogP contribution in [-0.4, -0.2) is 0 Å². The zero-order chi connectivity index (χ0) is 11.7. The fourth-order valence-corrected chi connectivity index (χ4v) is 3.03. The normalized spacial score (nSPS) is 19.6. The van der Waals surface area contributed by atoms with Gasteiger partial charge in [0.2, 0.25) is 0 Å². The molecule has 0 radical (unpaired) electrons. The van der Waals surface area contributed by atoms with Gasteiger partial charge in [-0.25, -0.2) is 8.78 Å². The largest absolute Gasteiger partial charge is 0.206 e. The third-order valence-corrected chi connectivity index (χ3v) is 4.35. The number of fused-ring (bicyclic) bond motifs is 1. The maximum absolute atomic E-state index is 13.8. The van der Waals surface area contributed by atoms with Gasteiger partial charge in [0.05, 0.1) is 3.57 Å². The summed E-state index contributed by atoms with van der Waals surface area (Å²) in [5.41, 5.74) is 1.64. The highest BCUT2D eigenvalue weighted by molar-refractivity contribution is 14.1. The van der Waals surface area contributed by atoms with Crippen LogP contribution in [0.2, 0.25) is 0 Å². The van der Waals surface area contributed by atoms with Crippen molar-refractivity contribution < 1.29 is 8.78 Å². The van der Waals surface area contributed by atoms with Crippen molar-refractivity contribution in [2.45, 2.75) is 39.0 Å². The molecule has 1 aromatic carbocycles. The van der Waals surface area contributed by atoms with E-state index in [1.807, 2.05) is 0 Å². The number of benzene rings is 1. The lowest BCUT2D eigenvalue weighted by molar-refractivity contribution is 0.410. The summed E-state index contributed by atoms with van der Waals surface area (Å²) in [6, 6.07) is 1.53. The van der Waals surface area contributed by atoms with Crippen molar-refractivity contribution in [1.29, 1.82) is 0 Å². The Labute approximate surface area is 109 Å². The van der Waals surface area contributed by atoms with Crippen LogP contribution in [0.4, 0.5) is 8.78 Å². The summed E-state index contributed by atoms with van der Waals surface area (Å²) in [5.74, 6) is -0.129. The highest BCUT2D eigenvalue weighted by atomic mass is 127. The van der Waals surface area contributed by atoms with E-state index < -0.39 is 5.82 Å². The first-order valence-electron chi connectivity index (χ1n) is 5.78. The Morgan fingerprint density at radius 3 is 2.88 bits per heavy atom. The summed E-state index contributed by atoms with van der Waals surface area (Å²) in [5, 5.41) is 0. The molecule has 0 N–H and O–H groups in total. The molecule has 1 unspecified atom stereocenters. The topological polar surface area (TPSA) is 0 Å². The highest BCUT2D eigenvalue weighted by Gasteiger charge is 2.23. The first-order valence-corrected chi connectivity index (χ1v) is 6.86. The Morgan fingerprint density at radius 2 is 2.19 bits per heavy atom. The Bertz CT molecular complexity index is 401. The predicted molar refractivity (Wildman–Crippen MR) is 69.5 cm³/mol. The van der Waals surface area contributed by atoms with Crippen LogP contribution in [0.25, 0.3) is 0 Å². The Kier molecular flexibility index (Phi) is 3.82. The molecule has 1 aliphatic carbocycles. The van der Waals surface area contributed by atoms with E-state index in [0.29, 0.717) is 5.92 Å². The predicted octanol–water partition coefficient (Wildman–Crippen LogP) is 4.47. The highest BCUT2D eigenvalue weighted by Crippen LogP contribution is 2.32. The van der Waals surface area contributed by atoms with Crippen molar-refractivity contribution in [3.8, 4) is 0 Å². The fraction of sp³-hybridized carbons (Fsp3) is 0.538. The van der Waals surface area contributed by atoms with Crippen molar-refractivity contribution >= 4 is 22.6 Å². The molecule has 2 rings (SSSR count). The molecule has 16 heavy (non-hydrogen) atoms. The van der Waals surface area contributed by atoms with Crippen LogP contribution in [0.3, 0.4) is 0 Å². The number of rotatable bonds is 2. The van der Waals surface area contributed by atoms with E-state index in [1.54, 1.807) is 22.6 Å². The van der Waals surface area contributed by atoms with E-state index in [0.717, 1.165) is 43.2 Å². The van der Waals surface area contributed by atoms with Gasteiger partial charge in [0, 0.05) is 0 Å². The van der Waals surface area contributed by atoms with Crippen LogP contribution < -0.4 is 0 Å². The van der Waals surface area contributed by atoms with Crippen molar-refractivity contribution in [3.05, 3.63) is 32.4 Å². The van der Waals surface area contributed by atoms with E-state index in [1.165, 1.54) is 6.07 Å². The molecule has 1 aliphatic rings. The lowest BCUT2D eigenvalue weighted by Gasteiger charge is -2.25. The summed E-state index contributed by atoms with van der Waals surface area (Å²) in [6.07, 6.45) is 4.96. The van der Waals surface area contributed by atoms with Crippen LogP contribution in [0, 0.1) is 21.1 Å². The van der Waals surface area contributed by atoms with Gasteiger partial charge in [-0.15, -0.1) is 0 Å². The van der Waals surface area contributed by atoms with Crippen LogP contribution in [0.1, 0.15) is 37.3 Å². The Balaban J connectivity index is 2.32. The number of halogens is 3. The van der Waals surface area contributed by atoms with Crippen LogP contribution in [0.15, 0.2) is 6.07 Å². The fourth-order valence-electron chi connectivity index (χ4n) is 2.55. The lowest BCUT2D eigenvalue weighted by Crippen LogP contribution is -2.16. The van der Waals surface area contributed by atoms with Crippen LogP contribution >= 0.6 is 22.6 Å². The van der Waals surface area contributed by atoms with E-state index >= 15 is 0 Å². The van der Waals surface area contributed by atoms with Crippen molar-refractivity contribution in [3.63, 3.8) is 0 Å². The SMILES string of the molecule is CCCC1CCc2c(cc(F)c(I)c2F)C1. The second-order valence-corrected chi connectivity index (χ2v) is 5.60. The Hall–Kier alpha value is -0.190. The molecule has 3 heteroatoms. The van der Waals surface area contributed by atoms with E-state index in [4.69, 9.17) is 0 Å². The van der Waals surface area contributed by atoms with Crippen molar-refractivity contribution in [1.82, 2.24) is 0 Å². The van der Waals surface area contributed by atoms with E-state index in [9.17, 15) is 8.78 Å². The second-order valence-electron chi connectivity index (χ2n) is 4.52. The van der Waals surface area contributed by atoms with Gasteiger partial charge < -0.3 is 0 Å². The first kappa shape index (κ1) is 12.3. The molecular formula is C13H15F2I. The van der Waals surface area contributed by atoms with E-state index in [-0.39, 0.29) is 9.39 Å². The summed E-state index contributed by atoms with van der Waals surface area (Å²) in [7, 11) is 0. The van der Waals surface area contributed by atoms with Gasteiger partial charge in [0.1, 0.15) is 11.6 Å². The van der Waals surface area contributed by atoms with Crippen LogP contribution in [-0.2, 0) is 12.8 Å². The molecule has 0 bridgehead atoms. The molecule has 0 heterocycles.